The fourth-order valence-electron chi connectivity index (χ4n) is 8.93. The van der Waals surface area contributed by atoms with Gasteiger partial charge < -0.3 is 0 Å². The zero-order chi connectivity index (χ0) is 30.0. The lowest BCUT2D eigenvalue weighted by Crippen LogP contribution is -2.41. The fraction of sp³-hybridized carbons (Fsp3) is 0.561. The summed E-state index contributed by atoms with van der Waals surface area (Å²) in [6.07, 6.45) is 12.5. The first-order valence-corrected chi connectivity index (χ1v) is 16.4. The molecule has 0 amide bonds. The molecular formula is C41H54. The second-order valence-corrected chi connectivity index (χ2v) is 17.3. The molecule has 0 radical (unpaired) electrons. The van der Waals surface area contributed by atoms with E-state index in [1.165, 1.54) is 57.2 Å². The van der Waals surface area contributed by atoms with E-state index in [2.05, 4.69) is 120 Å². The molecule has 0 aromatic heterocycles. The SMILES string of the molecule is CC(C)=c1c2c(c(C3=CC(C(C)(C)C)=CC3)c3c1=c1cc4c(cc1=C3)C(C)(C)C(C)CC4(C)C)C(C)(C)CCC2C. The minimum absolute atomic E-state index is 0.156. The van der Waals surface area contributed by atoms with Crippen molar-refractivity contribution in [3.8, 4) is 0 Å². The predicted molar refractivity (Wildman–Crippen MR) is 179 cm³/mol. The van der Waals surface area contributed by atoms with Gasteiger partial charge in [0, 0.05) is 0 Å². The molecular weight excluding hydrogens is 492 g/mol. The van der Waals surface area contributed by atoms with Crippen molar-refractivity contribution in [3.63, 3.8) is 0 Å². The van der Waals surface area contributed by atoms with Gasteiger partial charge in [-0.15, -0.1) is 0 Å². The Morgan fingerprint density at radius 3 is 2.17 bits per heavy atom. The topological polar surface area (TPSA) is 0 Å². The van der Waals surface area contributed by atoms with E-state index in [9.17, 15) is 0 Å². The minimum atomic E-state index is 0.156. The Morgan fingerprint density at radius 2 is 1.56 bits per heavy atom. The molecule has 0 saturated heterocycles. The summed E-state index contributed by atoms with van der Waals surface area (Å²) in [5.74, 6) is 1.23. The Bertz CT molecular complexity index is 1770. The first-order chi connectivity index (χ1) is 18.9. The van der Waals surface area contributed by atoms with Crippen molar-refractivity contribution in [1.29, 1.82) is 0 Å². The molecule has 41 heavy (non-hydrogen) atoms. The second-order valence-electron chi connectivity index (χ2n) is 17.3. The van der Waals surface area contributed by atoms with Gasteiger partial charge in [-0.1, -0.05) is 100.0 Å². The molecule has 0 heterocycles. The highest BCUT2D eigenvalue weighted by Gasteiger charge is 2.43. The van der Waals surface area contributed by atoms with Gasteiger partial charge in [-0.05, 0) is 151 Å². The van der Waals surface area contributed by atoms with Crippen molar-refractivity contribution in [2.45, 2.75) is 138 Å². The molecule has 2 aromatic rings. The van der Waals surface area contributed by atoms with E-state index in [-0.39, 0.29) is 21.7 Å². The lowest BCUT2D eigenvalue weighted by atomic mass is 9.58. The average Bonchev–Trinajstić information content (AvgIpc) is 3.48. The van der Waals surface area contributed by atoms with E-state index in [0.29, 0.717) is 11.8 Å². The fourth-order valence-corrected chi connectivity index (χ4v) is 8.93. The van der Waals surface area contributed by atoms with Crippen molar-refractivity contribution in [2.75, 3.05) is 0 Å². The van der Waals surface area contributed by atoms with Gasteiger partial charge in [0.2, 0.25) is 0 Å². The van der Waals surface area contributed by atoms with E-state index in [0.717, 1.165) is 6.42 Å². The van der Waals surface area contributed by atoms with Crippen LogP contribution >= 0.6 is 0 Å². The largest absolute Gasteiger partial charge is 0.0763 e. The van der Waals surface area contributed by atoms with Crippen molar-refractivity contribution >= 4 is 17.2 Å². The molecule has 4 aliphatic rings. The molecule has 0 bridgehead atoms. The van der Waals surface area contributed by atoms with Crippen LogP contribution in [0.2, 0.25) is 0 Å². The summed E-state index contributed by atoms with van der Waals surface area (Å²) in [5, 5.41) is 6.00. The van der Waals surface area contributed by atoms with Gasteiger partial charge in [0.1, 0.15) is 0 Å². The van der Waals surface area contributed by atoms with Crippen LogP contribution in [0, 0.1) is 21.8 Å². The zero-order valence-corrected chi connectivity index (χ0v) is 28.4. The number of rotatable bonds is 1. The molecule has 2 atom stereocenters. The van der Waals surface area contributed by atoms with E-state index in [1.807, 2.05) is 0 Å². The first-order valence-electron chi connectivity index (χ1n) is 16.4. The van der Waals surface area contributed by atoms with Crippen molar-refractivity contribution in [1.82, 2.24) is 0 Å². The molecule has 2 aromatic carbocycles. The maximum atomic E-state index is 2.64. The molecule has 218 valence electrons. The van der Waals surface area contributed by atoms with E-state index < -0.39 is 0 Å². The quantitative estimate of drug-likeness (QED) is 0.285. The van der Waals surface area contributed by atoms with Gasteiger partial charge in [0.05, 0.1) is 0 Å². The third kappa shape index (κ3) is 4.13. The van der Waals surface area contributed by atoms with Crippen LogP contribution in [0.4, 0.5) is 0 Å². The Hall–Kier alpha value is -2.34. The van der Waals surface area contributed by atoms with Crippen LogP contribution in [0.1, 0.15) is 155 Å². The van der Waals surface area contributed by atoms with Crippen LogP contribution in [0.3, 0.4) is 0 Å². The normalized spacial score (nSPS) is 24.9. The average molecular weight is 547 g/mol. The summed E-state index contributed by atoms with van der Waals surface area (Å²) >= 11 is 0. The number of hydrogen-bond acceptors (Lipinski definition) is 0. The van der Waals surface area contributed by atoms with Gasteiger partial charge in [-0.2, -0.15) is 0 Å². The molecule has 4 aliphatic carbocycles. The number of allylic oxidation sites excluding steroid dienone is 4. The van der Waals surface area contributed by atoms with Gasteiger partial charge >= 0.3 is 0 Å². The van der Waals surface area contributed by atoms with E-state index in [1.54, 1.807) is 33.0 Å². The molecule has 0 aliphatic heterocycles. The summed E-state index contributed by atoms with van der Waals surface area (Å²) in [6.45, 7) is 31.7. The summed E-state index contributed by atoms with van der Waals surface area (Å²) in [7, 11) is 0. The predicted octanol–water partition coefficient (Wildman–Crippen LogP) is 9.84. The number of benzene rings is 2. The van der Waals surface area contributed by atoms with Crippen molar-refractivity contribution < 1.29 is 0 Å². The van der Waals surface area contributed by atoms with Crippen molar-refractivity contribution in [3.05, 3.63) is 84.1 Å². The Morgan fingerprint density at radius 1 is 0.878 bits per heavy atom. The molecule has 0 heteroatoms. The highest BCUT2D eigenvalue weighted by atomic mass is 14.5. The zero-order valence-electron chi connectivity index (χ0n) is 28.4. The van der Waals surface area contributed by atoms with Crippen LogP contribution < -0.4 is 10.4 Å². The number of hydrogen-bond donors (Lipinski definition) is 0. The van der Waals surface area contributed by atoms with Crippen molar-refractivity contribution in [2.24, 2.45) is 11.3 Å². The standard InChI is InChI=1S/C41H54/c1-23(2)33-34-24(3)16-17-39(8,9)37(34)35(26-14-15-28(18-26)38(5,6)7)30-19-27-20-32-31(21-29(27)36(30)33)40(10,11)22-25(4)41(32,12)13/h15,18-21,24-25H,14,16-17,22H2,1-13H3. The summed E-state index contributed by atoms with van der Waals surface area (Å²) in [5.41, 5.74) is 14.7. The highest BCUT2D eigenvalue weighted by Crippen LogP contribution is 2.51. The first kappa shape index (κ1) is 28.8. The maximum absolute atomic E-state index is 2.64. The van der Waals surface area contributed by atoms with Crippen LogP contribution in [0.25, 0.3) is 17.2 Å². The molecule has 0 saturated carbocycles. The molecule has 0 nitrogen and oxygen atoms in total. The molecule has 6 rings (SSSR count). The maximum Gasteiger partial charge on any atom is -0.00240 e. The minimum Gasteiger partial charge on any atom is -0.0763 e. The van der Waals surface area contributed by atoms with Crippen LogP contribution in [0.15, 0.2) is 29.9 Å². The Balaban J connectivity index is 1.84. The van der Waals surface area contributed by atoms with Crippen LogP contribution in [-0.2, 0) is 16.2 Å². The van der Waals surface area contributed by atoms with Gasteiger partial charge in [0.25, 0.3) is 0 Å². The Kier molecular flexibility index (Phi) is 6.20. The number of fused-ring (bicyclic) bond motifs is 4. The summed E-state index contributed by atoms with van der Waals surface area (Å²) < 4.78 is 0. The third-order valence-electron chi connectivity index (χ3n) is 11.7. The summed E-state index contributed by atoms with van der Waals surface area (Å²) in [4.78, 5) is 0. The monoisotopic (exact) mass is 546 g/mol. The van der Waals surface area contributed by atoms with E-state index in [4.69, 9.17) is 0 Å². The second kappa shape index (κ2) is 8.84. The smallest absolute Gasteiger partial charge is 0.00240 e. The van der Waals surface area contributed by atoms with Crippen LogP contribution in [-0.4, -0.2) is 0 Å². The highest BCUT2D eigenvalue weighted by molar-refractivity contribution is 5.84. The summed E-state index contributed by atoms with van der Waals surface area (Å²) in [6, 6.07) is 5.25. The molecule has 0 fully saturated rings. The molecule has 2 unspecified atom stereocenters. The van der Waals surface area contributed by atoms with Gasteiger partial charge in [0.15, 0.2) is 0 Å². The molecule has 0 spiro atoms. The van der Waals surface area contributed by atoms with Gasteiger partial charge in [-0.25, -0.2) is 0 Å². The van der Waals surface area contributed by atoms with E-state index >= 15 is 0 Å². The molecule has 0 N–H and O–H groups in total. The third-order valence-corrected chi connectivity index (χ3v) is 11.7. The van der Waals surface area contributed by atoms with Crippen LogP contribution in [0.5, 0.6) is 0 Å². The lowest BCUT2D eigenvalue weighted by molar-refractivity contribution is 0.233. The van der Waals surface area contributed by atoms with Gasteiger partial charge in [-0.3, -0.25) is 0 Å². The Labute approximate surface area is 250 Å². The lowest BCUT2D eigenvalue weighted by Gasteiger charge is -2.46.